The molecular formula is C20H40IN5O4. The molecule has 0 bridgehead atoms. The Balaban J connectivity index is 0.00000450. The number of guanidine groups is 1. The second kappa shape index (κ2) is 11.1. The number of rotatable bonds is 4. The van der Waals surface area contributed by atoms with Gasteiger partial charge in [-0.25, -0.2) is 4.79 Å². The molecule has 10 heteroatoms. The molecule has 0 spiro atoms. The van der Waals surface area contributed by atoms with Crippen molar-refractivity contribution < 1.29 is 19.0 Å². The van der Waals surface area contributed by atoms with Gasteiger partial charge in [0.2, 0.25) is 0 Å². The first-order valence-electron chi connectivity index (χ1n) is 10.4. The standard InChI is InChI=1S/C20H39N5O4.HI/c1-14-16(25(20(5,6)28-14)18(26)29-19(2,3)4)12-23-17(21-7)22-11-15-13-24(8)9-10-27-15;/h14-16H,9-13H2,1-8H3,(H2,21,22,23);1H. The van der Waals surface area contributed by atoms with Crippen LogP contribution < -0.4 is 10.6 Å². The monoisotopic (exact) mass is 541 g/mol. The van der Waals surface area contributed by atoms with Gasteiger partial charge in [0, 0.05) is 33.2 Å². The third-order valence-electron chi connectivity index (χ3n) is 5.06. The minimum Gasteiger partial charge on any atom is -0.444 e. The van der Waals surface area contributed by atoms with E-state index in [-0.39, 0.29) is 48.3 Å². The molecule has 0 aromatic rings. The summed E-state index contributed by atoms with van der Waals surface area (Å²) >= 11 is 0. The fraction of sp³-hybridized carbons (Fsp3) is 0.900. The van der Waals surface area contributed by atoms with Gasteiger partial charge in [0.1, 0.15) is 11.3 Å². The highest BCUT2D eigenvalue weighted by Gasteiger charge is 2.49. The Bertz CT molecular complexity index is 596. The second-order valence-corrected chi connectivity index (χ2v) is 9.28. The molecule has 0 aromatic heterocycles. The number of aliphatic imine (C=N–C) groups is 1. The molecule has 0 saturated carbocycles. The molecule has 0 radical (unpaired) electrons. The molecule has 2 heterocycles. The van der Waals surface area contributed by atoms with Crippen LogP contribution in [0.4, 0.5) is 4.79 Å². The maximum Gasteiger partial charge on any atom is 0.412 e. The quantitative estimate of drug-likeness (QED) is 0.319. The summed E-state index contributed by atoms with van der Waals surface area (Å²) in [4.78, 5) is 21.1. The van der Waals surface area contributed by atoms with Crippen molar-refractivity contribution in [2.24, 2.45) is 4.99 Å². The van der Waals surface area contributed by atoms with Gasteiger partial charge < -0.3 is 29.7 Å². The summed E-state index contributed by atoms with van der Waals surface area (Å²) in [5.41, 5.74) is -1.31. The minimum atomic E-state index is -0.744. The number of halogens is 1. The SMILES string of the molecule is CN=C(NCC1CN(C)CCO1)NCC1C(C)OC(C)(C)N1C(=O)OC(C)(C)C.I. The summed E-state index contributed by atoms with van der Waals surface area (Å²) in [7, 11) is 3.82. The molecule has 2 rings (SSSR count). The smallest absolute Gasteiger partial charge is 0.412 e. The van der Waals surface area contributed by atoms with E-state index in [0.29, 0.717) is 19.0 Å². The zero-order chi connectivity index (χ0) is 21.8. The van der Waals surface area contributed by atoms with Crippen LogP contribution in [0.3, 0.4) is 0 Å². The van der Waals surface area contributed by atoms with Crippen molar-refractivity contribution in [2.75, 3.05) is 46.9 Å². The van der Waals surface area contributed by atoms with Crippen LogP contribution in [0.5, 0.6) is 0 Å². The van der Waals surface area contributed by atoms with Crippen LogP contribution in [0.15, 0.2) is 4.99 Å². The first kappa shape index (κ1) is 27.2. The molecule has 1 amide bonds. The Morgan fingerprint density at radius 3 is 2.47 bits per heavy atom. The number of amides is 1. The summed E-state index contributed by atoms with van der Waals surface area (Å²) in [6.45, 7) is 15.1. The van der Waals surface area contributed by atoms with Crippen LogP contribution in [0.2, 0.25) is 0 Å². The highest BCUT2D eigenvalue weighted by atomic mass is 127. The van der Waals surface area contributed by atoms with Gasteiger partial charge in [-0.2, -0.15) is 0 Å². The minimum absolute atomic E-state index is 0. The van der Waals surface area contributed by atoms with Crippen molar-refractivity contribution in [3.8, 4) is 0 Å². The number of carbonyl (C=O) groups excluding carboxylic acids is 1. The maximum atomic E-state index is 12.8. The lowest BCUT2D eigenvalue weighted by atomic mass is 10.1. The van der Waals surface area contributed by atoms with Gasteiger partial charge in [-0.1, -0.05) is 0 Å². The molecule has 2 aliphatic rings. The van der Waals surface area contributed by atoms with E-state index in [2.05, 4.69) is 27.6 Å². The van der Waals surface area contributed by atoms with E-state index in [4.69, 9.17) is 14.2 Å². The maximum absolute atomic E-state index is 12.8. The van der Waals surface area contributed by atoms with E-state index in [1.807, 2.05) is 41.5 Å². The van der Waals surface area contributed by atoms with Crippen LogP contribution in [0.25, 0.3) is 0 Å². The Morgan fingerprint density at radius 1 is 1.27 bits per heavy atom. The number of morpholine rings is 1. The van der Waals surface area contributed by atoms with Crippen molar-refractivity contribution >= 4 is 36.0 Å². The summed E-state index contributed by atoms with van der Waals surface area (Å²) in [5, 5.41) is 6.63. The van der Waals surface area contributed by atoms with E-state index in [1.54, 1.807) is 11.9 Å². The Morgan fingerprint density at radius 2 is 1.90 bits per heavy atom. The van der Waals surface area contributed by atoms with Gasteiger partial charge in [0.25, 0.3) is 0 Å². The van der Waals surface area contributed by atoms with Crippen molar-refractivity contribution in [1.29, 1.82) is 0 Å². The zero-order valence-electron chi connectivity index (χ0n) is 19.7. The molecular weight excluding hydrogens is 501 g/mol. The third-order valence-corrected chi connectivity index (χ3v) is 5.06. The first-order chi connectivity index (χ1) is 13.4. The highest BCUT2D eigenvalue weighted by Crippen LogP contribution is 2.33. The average Bonchev–Trinajstić information content (AvgIpc) is 2.81. The van der Waals surface area contributed by atoms with E-state index in [0.717, 1.165) is 19.7 Å². The Kier molecular flexibility index (Phi) is 10.1. The van der Waals surface area contributed by atoms with Crippen molar-refractivity contribution in [1.82, 2.24) is 20.4 Å². The molecule has 3 unspecified atom stereocenters. The third kappa shape index (κ3) is 7.69. The molecule has 2 fully saturated rings. The van der Waals surface area contributed by atoms with Crippen molar-refractivity contribution in [3.63, 3.8) is 0 Å². The van der Waals surface area contributed by atoms with E-state index < -0.39 is 11.3 Å². The van der Waals surface area contributed by atoms with Crippen LogP contribution in [-0.2, 0) is 14.2 Å². The Hall–Kier alpha value is -0.850. The Labute approximate surface area is 198 Å². The number of hydrogen-bond donors (Lipinski definition) is 2. The topological polar surface area (TPSA) is 87.7 Å². The van der Waals surface area contributed by atoms with Crippen LogP contribution in [0, 0.1) is 0 Å². The second-order valence-electron chi connectivity index (χ2n) is 9.28. The van der Waals surface area contributed by atoms with Gasteiger partial charge in [-0.05, 0) is 48.6 Å². The predicted octanol–water partition coefficient (Wildman–Crippen LogP) is 1.86. The number of nitrogens with one attached hydrogen (secondary N) is 2. The summed E-state index contributed by atoms with van der Waals surface area (Å²) in [6, 6.07) is -0.185. The molecule has 2 saturated heterocycles. The van der Waals surface area contributed by atoms with E-state index in [9.17, 15) is 4.79 Å². The number of hydrogen-bond acceptors (Lipinski definition) is 6. The lowest BCUT2D eigenvalue weighted by Gasteiger charge is -2.35. The molecule has 3 atom stereocenters. The van der Waals surface area contributed by atoms with E-state index >= 15 is 0 Å². The molecule has 2 aliphatic heterocycles. The van der Waals surface area contributed by atoms with Crippen LogP contribution >= 0.6 is 24.0 Å². The number of likely N-dealkylation sites (N-methyl/N-ethyl adjacent to an activating group) is 1. The summed E-state index contributed by atoms with van der Waals surface area (Å²) in [5.74, 6) is 0.669. The normalized spacial score (nSPS) is 27.4. The van der Waals surface area contributed by atoms with Crippen molar-refractivity contribution in [2.45, 2.75) is 71.1 Å². The van der Waals surface area contributed by atoms with Crippen molar-refractivity contribution in [3.05, 3.63) is 0 Å². The fourth-order valence-electron chi connectivity index (χ4n) is 3.75. The lowest BCUT2D eigenvalue weighted by Crippen LogP contribution is -2.55. The molecule has 0 aliphatic carbocycles. The van der Waals surface area contributed by atoms with E-state index in [1.165, 1.54) is 0 Å². The zero-order valence-corrected chi connectivity index (χ0v) is 22.0. The fourth-order valence-corrected chi connectivity index (χ4v) is 3.75. The first-order valence-corrected chi connectivity index (χ1v) is 10.4. The summed E-state index contributed by atoms with van der Waals surface area (Å²) < 4.78 is 17.4. The number of nitrogens with zero attached hydrogens (tertiary/aromatic N) is 3. The van der Waals surface area contributed by atoms with Crippen LogP contribution in [0.1, 0.15) is 41.5 Å². The molecule has 9 nitrogen and oxygen atoms in total. The van der Waals surface area contributed by atoms with Gasteiger partial charge in [0.05, 0.1) is 24.9 Å². The summed E-state index contributed by atoms with van der Waals surface area (Å²) in [6.07, 6.45) is -0.392. The van der Waals surface area contributed by atoms with Gasteiger partial charge in [-0.3, -0.25) is 9.89 Å². The number of carbonyl (C=O) groups is 1. The molecule has 176 valence electrons. The lowest BCUT2D eigenvalue weighted by molar-refractivity contribution is -0.0755. The van der Waals surface area contributed by atoms with Crippen LogP contribution in [-0.4, -0.2) is 98.3 Å². The number of ether oxygens (including phenoxy) is 3. The largest absolute Gasteiger partial charge is 0.444 e. The highest BCUT2D eigenvalue weighted by molar-refractivity contribution is 14.0. The van der Waals surface area contributed by atoms with Gasteiger partial charge in [0.15, 0.2) is 5.96 Å². The van der Waals surface area contributed by atoms with Gasteiger partial charge >= 0.3 is 6.09 Å². The average molecular weight is 541 g/mol. The molecule has 0 aromatic carbocycles. The predicted molar refractivity (Wildman–Crippen MR) is 129 cm³/mol. The molecule has 2 N–H and O–H groups in total. The van der Waals surface area contributed by atoms with Gasteiger partial charge in [-0.15, -0.1) is 24.0 Å². The molecule has 30 heavy (non-hydrogen) atoms.